The van der Waals surface area contributed by atoms with Crippen molar-refractivity contribution in [1.29, 1.82) is 0 Å². The van der Waals surface area contributed by atoms with Gasteiger partial charge in [0.25, 0.3) is 0 Å². The number of hydrogen-bond acceptors (Lipinski definition) is 2. The molecule has 1 aromatic rings. The minimum absolute atomic E-state index is 0.732. The molecule has 2 fully saturated rings. The maximum atomic E-state index is 3.68. The molecule has 2 heteroatoms. The van der Waals surface area contributed by atoms with E-state index >= 15 is 0 Å². The van der Waals surface area contributed by atoms with Crippen molar-refractivity contribution in [2.24, 2.45) is 0 Å². The van der Waals surface area contributed by atoms with Crippen LogP contribution in [0.3, 0.4) is 0 Å². The maximum absolute atomic E-state index is 3.68. The molecule has 1 saturated heterocycles. The van der Waals surface area contributed by atoms with E-state index < -0.39 is 0 Å². The molecule has 1 aromatic carbocycles. The van der Waals surface area contributed by atoms with E-state index in [9.17, 15) is 0 Å². The van der Waals surface area contributed by atoms with Gasteiger partial charge in [0.2, 0.25) is 0 Å². The van der Waals surface area contributed by atoms with Gasteiger partial charge in [-0.25, -0.2) is 0 Å². The lowest BCUT2D eigenvalue weighted by Crippen LogP contribution is -2.46. The second kappa shape index (κ2) is 7.42. The van der Waals surface area contributed by atoms with E-state index in [1.807, 2.05) is 0 Å². The van der Waals surface area contributed by atoms with Gasteiger partial charge in [-0.15, -0.1) is 0 Å². The van der Waals surface area contributed by atoms with Crippen LogP contribution in [0.15, 0.2) is 30.3 Å². The van der Waals surface area contributed by atoms with Crippen molar-refractivity contribution < 1.29 is 0 Å². The molecule has 0 radical (unpaired) electrons. The molecule has 0 aromatic heterocycles. The molecule has 0 bridgehead atoms. The summed E-state index contributed by atoms with van der Waals surface area (Å²) in [6, 6.07) is 12.6. The lowest BCUT2D eigenvalue weighted by atomic mass is 9.81. The lowest BCUT2D eigenvalue weighted by Gasteiger charge is -2.37. The molecule has 1 heterocycles. The Morgan fingerprint density at radius 3 is 2.43 bits per heavy atom. The zero-order valence-corrected chi connectivity index (χ0v) is 13.4. The number of likely N-dealkylation sites (N-methyl/N-ethyl adjacent to an activating group) is 1. The van der Waals surface area contributed by atoms with Gasteiger partial charge in [-0.3, -0.25) is 0 Å². The van der Waals surface area contributed by atoms with Gasteiger partial charge in [0.05, 0.1) is 0 Å². The molecule has 116 valence electrons. The van der Waals surface area contributed by atoms with Crippen molar-refractivity contribution in [3.05, 3.63) is 35.9 Å². The summed E-state index contributed by atoms with van der Waals surface area (Å²) in [5.74, 6) is 0.795. The quantitative estimate of drug-likeness (QED) is 0.906. The van der Waals surface area contributed by atoms with Crippen LogP contribution in [-0.2, 0) is 0 Å². The van der Waals surface area contributed by atoms with Gasteiger partial charge in [-0.2, -0.15) is 0 Å². The summed E-state index contributed by atoms with van der Waals surface area (Å²) in [6.45, 7) is 2.46. The third-order valence-corrected chi connectivity index (χ3v) is 5.51. The third-order valence-electron chi connectivity index (χ3n) is 5.51. The molecule has 2 aliphatic rings. The van der Waals surface area contributed by atoms with Gasteiger partial charge in [-0.1, -0.05) is 36.8 Å². The minimum atomic E-state index is 0.732. The van der Waals surface area contributed by atoms with Crippen LogP contribution < -0.4 is 5.32 Å². The van der Waals surface area contributed by atoms with Gasteiger partial charge in [-0.05, 0) is 63.6 Å². The van der Waals surface area contributed by atoms with Gasteiger partial charge in [0.1, 0.15) is 0 Å². The number of hydrogen-bond donors (Lipinski definition) is 1. The average molecular weight is 286 g/mol. The van der Waals surface area contributed by atoms with Crippen molar-refractivity contribution in [2.45, 2.75) is 62.9 Å². The molecule has 1 N–H and O–H groups in total. The maximum Gasteiger partial charge on any atom is 0.0195 e. The van der Waals surface area contributed by atoms with Crippen LogP contribution in [0.4, 0.5) is 0 Å². The van der Waals surface area contributed by atoms with E-state index in [0.29, 0.717) is 0 Å². The van der Waals surface area contributed by atoms with Gasteiger partial charge >= 0.3 is 0 Å². The fraction of sp³-hybridized carbons (Fsp3) is 0.684. The smallest absolute Gasteiger partial charge is 0.0195 e. The Kier molecular flexibility index (Phi) is 5.32. The van der Waals surface area contributed by atoms with Crippen molar-refractivity contribution in [3.8, 4) is 0 Å². The Hall–Kier alpha value is -0.860. The summed E-state index contributed by atoms with van der Waals surface area (Å²) in [5.41, 5.74) is 1.55. The first kappa shape index (κ1) is 15.1. The molecule has 2 nitrogen and oxygen atoms in total. The summed E-state index contributed by atoms with van der Waals surface area (Å²) in [5, 5.41) is 3.68. The van der Waals surface area contributed by atoms with Crippen molar-refractivity contribution >= 4 is 0 Å². The fourth-order valence-electron chi connectivity index (χ4n) is 4.15. The van der Waals surface area contributed by atoms with E-state index in [0.717, 1.165) is 18.0 Å². The predicted octanol–water partition coefficient (Wildman–Crippen LogP) is 3.79. The summed E-state index contributed by atoms with van der Waals surface area (Å²) < 4.78 is 0. The summed E-state index contributed by atoms with van der Waals surface area (Å²) in [4.78, 5) is 2.63. The fourth-order valence-corrected chi connectivity index (χ4v) is 4.15. The number of piperidine rings is 1. The van der Waals surface area contributed by atoms with Crippen LogP contribution in [0.5, 0.6) is 0 Å². The molecule has 1 atom stereocenters. The molecule has 3 rings (SSSR count). The highest BCUT2D eigenvalue weighted by Crippen LogP contribution is 2.34. The molecule has 21 heavy (non-hydrogen) atoms. The van der Waals surface area contributed by atoms with Crippen molar-refractivity contribution in [2.75, 3.05) is 20.1 Å². The predicted molar refractivity (Wildman–Crippen MR) is 89.7 cm³/mol. The second-order valence-corrected chi connectivity index (χ2v) is 7.00. The van der Waals surface area contributed by atoms with Crippen LogP contribution >= 0.6 is 0 Å². The monoisotopic (exact) mass is 286 g/mol. The SMILES string of the molecule is CN(CC1CCCCN1)C1CCC(c2ccccc2)CC1. The van der Waals surface area contributed by atoms with E-state index in [1.165, 1.54) is 58.0 Å². The highest BCUT2D eigenvalue weighted by atomic mass is 15.2. The van der Waals surface area contributed by atoms with Crippen LogP contribution in [0.1, 0.15) is 56.4 Å². The molecular formula is C19H30N2. The summed E-state index contributed by atoms with van der Waals surface area (Å²) in [6.07, 6.45) is 9.58. The first-order chi connectivity index (χ1) is 10.3. The Bertz CT molecular complexity index is 403. The highest BCUT2D eigenvalue weighted by Gasteiger charge is 2.26. The third kappa shape index (κ3) is 4.08. The normalized spacial score (nSPS) is 30.5. The molecule has 1 aliphatic carbocycles. The Labute approximate surface area is 129 Å². The van der Waals surface area contributed by atoms with E-state index in [4.69, 9.17) is 0 Å². The molecule has 1 saturated carbocycles. The van der Waals surface area contributed by atoms with Crippen LogP contribution in [-0.4, -0.2) is 37.1 Å². The Morgan fingerprint density at radius 2 is 1.76 bits per heavy atom. The summed E-state index contributed by atoms with van der Waals surface area (Å²) in [7, 11) is 2.34. The standard InChI is InChI=1S/C19H30N2/c1-21(15-18-9-5-6-14-20-18)19-12-10-17(11-13-19)16-7-3-2-4-8-16/h2-4,7-8,17-20H,5-6,9-15H2,1H3. The number of nitrogens with one attached hydrogen (secondary N) is 1. The van der Waals surface area contributed by atoms with Crippen LogP contribution in [0.2, 0.25) is 0 Å². The largest absolute Gasteiger partial charge is 0.313 e. The number of rotatable bonds is 4. The molecular weight excluding hydrogens is 256 g/mol. The average Bonchev–Trinajstić information content (AvgIpc) is 2.57. The number of benzene rings is 1. The van der Waals surface area contributed by atoms with Crippen LogP contribution in [0, 0.1) is 0 Å². The van der Waals surface area contributed by atoms with Crippen LogP contribution in [0.25, 0.3) is 0 Å². The number of nitrogens with zero attached hydrogens (tertiary/aromatic N) is 1. The zero-order chi connectivity index (χ0) is 14.5. The zero-order valence-electron chi connectivity index (χ0n) is 13.4. The first-order valence-corrected chi connectivity index (χ1v) is 8.81. The summed E-state index contributed by atoms with van der Waals surface area (Å²) >= 11 is 0. The van der Waals surface area contributed by atoms with E-state index in [2.05, 4.69) is 47.6 Å². The van der Waals surface area contributed by atoms with Gasteiger partial charge < -0.3 is 10.2 Å². The molecule has 0 spiro atoms. The molecule has 0 amide bonds. The van der Waals surface area contributed by atoms with E-state index in [-0.39, 0.29) is 0 Å². The van der Waals surface area contributed by atoms with E-state index in [1.54, 1.807) is 5.56 Å². The first-order valence-electron chi connectivity index (χ1n) is 8.81. The topological polar surface area (TPSA) is 15.3 Å². The second-order valence-electron chi connectivity index (χ2n) is 7.00. The lowest BCUT2D eigenvalue weighted by molar-refractivity contribution is 0.159. The van der Waals surface area contributed by atoms with Gasteiger partial charge in [0, 0.05) is 18.6 Å². The molecule has 1 aliphatic heterocycles. The van der Waals surface area contributed by atoms with Crippen molar-refractivity contribution in [3.63, 3.8) is 0 Å². The Balaban J connectivity index is 1.46. The Morgan fingerprint density at radius 1 is 1.00 bits per heavy atom. The molecule has 1 unspecified atom stereocenters. The minimum Gasteiger partial charge on any atom is -0.313 e. The van der Waals surface area contributed by atoms with Gasteiger partial charge in [0.15, 0.2) is 0 Å². The highest BCUT2D eigenvalue weighted by molar-refractivity contribution is 5.20. The van der Waals surface area contributed by atoms with Crippen molar-refractivity contribution in [1.82, 2.24) is 10.2 Å².